The van der Waals surface area contributed by atoms with Crippen LogP contribution in [0.15, 0.2) is 63.9 Å². The zero-order chi connectivity index (χ0) is 21.7. The Hall–Kier alpha value is -3.89. The van der Waals surface area contributed by atoms with E-state index in [1.165, 1.54) is 5.01 Å². The second kappa shape index (κ2) is 9.07. The highest BCUT2D eigenvalue weighted by atomic mass is 16.5. The Kier molecular flexibility index (Phi) is 6.30. The molecule has 10 heteroatoms. The van der Waals surface area contributed by atoms with Crippen molar-refractivity contribution in [3.63, 3.8) is 0 Å². The molecule has 0 unspecified atom stereocenters. The van der Waals surface area contributed by atoms with Gasteiger partial charge in [0.05, 0.1) is 12.6 Å². The zero-order valence-electron chi connectivity index (χ0n) is 15.6. The second-order valence-electron chi connectivity index (χ2n) is 6.50. The van der Waals surface area contributed by atoms with Gasteiger partial charge in [-0.2, -0.15) is 5.16 Å². The topological polar surface area (TPSA) is 156 Å². The number of aromatic nitrogens is 1. The lowest BCUT2D eigenvalue weighted by Gasteiger charge is -2.24. The summed E-state index contributed by atoms with van der Waals surface area (Å²) in [6.07, 6.45) is -1.74. The van der Waals surface area contributed by atoms with E-state index in [2.05, 4.69) is 5.43 Å². The molecule has 3 aromatic rings. The minimum absolute atomic E-state index is 0.0745. The van der Waals surface area contributed by atoms with Gasteiger partial charge >= 0.3 is 11.9 Å². The van der Waals surface area contributed by atoms with E-state index in [0.717, 1.165) is 17.2 Å². The first kappa shape index (κ1) is 20.8. The standard InChI is InChI=1S/C20H19N3O7/c24-15-3-1-2-14(8-15)13-6-4-12(5-7-13)10-23(11-16(25)20(28)29)21-19(27)17-9-18(26)22-30-17/h1-9,16,24-25H,10-11H2,(H,21,27)(H,22,26)(H,28,29)/t16-/m1/s1. The highest BCUT2D eigenvalue weighted by molar-refractivity contribution is 5.90. The van der Waals surface area contributed by atoms with Crippen LogP contribution in [0.4, 0.5) is 0 Å². The molecule has 156 valence electrons. The first-order chi connectivity index (χ1) is 14.3. The molecule has 0 fully saturated rings. The molecular weight excluding hydrogens is 394 g/mol. The van der Waals surface area contributed by atoms with Crippen LogP contribution < -0.4 is 11.0 Å². The van der Waals surface area contributed by atoms with Crippen molar-refractivity contribution in [1.82, 2.24) is 15.6 Å². The number of carboxylic acid groups (broad SMARTS) is 1. The third kappa shape index (κ3) is 5.34. The smallest absolute Gasteiger partial charge is 0.333 e. The third-order valence-corrected chi connectivity index (χ3v) is 4.19. The molecule has 0 spiro atoms. The molecule has 0 aliphatic rings. The van der Waals surface area contributed by atoms with Gasteiger partial charge in [-0.05, 0) is 28.8 Å². The molecule has 0 aliphatic carbocycles. The quantitative estimate of drug-likeness (QED) is 0.342. The number of amides is 1. The van der Waals surface area contributed by atoms with Crippen LogP contribution in [0.5, 0.6) is 5.75 Å². The van der Waals surface area contributed by atoms with Crippen molar-refractivity contribution in [3.05, 3.63) is 76.3 Å². The molecule has 30 heavy (non-hydrogen) atoms. The molecule has 1 aromatic heterocycles. The summed E-state index contributed by atoms with van der Waals surface area (Å²) in [6.45, 7) is -0.324. The molecule has 1 amide bonds. The van der Waals surface area contributed by atoms with E-state index < -0.39 is 30.1 Å². The summed E-state index contributed by atoms with van der Waals surface area (Å²) >= 11 is 0. The molecule has 1 heterocycles. The zero-order valence-corrected chi connectivity index (χ0v) is 15.6. The minimum Gasteiger partial charge on any atom is -0.508 e. The summed E-state index contributed by atoms with van der Waals surface area (Å²) in [5, 5.41) is 31.4. The molecule has 3 rings (SSSR count). The van der Waals surface area contributed by atoms with E-state index in [9.17, 15) is 24.6 Å². The Balaban J connectivity index is 1.75. The number of carboxylic acids is 1. The number of hydrazine groups is 1. The number of aromatic amines is 1. The lowest BCUT2D eigenvalue weighted by molar-refractivity contribution is -0.148. The Morgan fingerprint density at radius 2 is 1.83 bits per heavy atom. The highest BCUT2D eigenvalue weighted by Gasteiger charge is 2.22. The summed E-state index contributed by atoms with van der Waals surface area (Å²) in [4.78, 5) is 34.4. The molecule has 0 radical (unpaired) electrons. The van der Waals surface area contributed by atoms with Gasteiger partial charge in [0.15, 0.2) is 6.10 Å². The average Bonchev–Trinajstić information content (AvgIpc) is 3.15. The van der Waals surface area contributed by atoms with Gasteiger partial charge in [0.25, 0.3) is 5.56 Å². The van der Waals surface area contributed by atoms with Gasteiger partial charge in [-0.25, -0.2) is 9.80 Å². The van der Waals surface area contributed by atoms with Crippen molar-refractivity contribution in [2.45, 2.75) is 12.6 Å². The number of nitrogens with zero attached hydrogens (tertiary/aromatic N) is 1. The van der Waals surface area contributed by atoms with Gasteiger partial charge in [0, 0.05) is 6.54 Å². The summed E-state index contributed by atoms with van der Waals surface area (Å²) in [5.41, 5.74) is 4.20. The Labute approximate surface area is 169 Å². The number of aliphatic carboxylic acids is 1. The first-order valence-corrected chi connectivity index (χ1v) is 8.85. The van der Waals surface area contributed by atoms with Crippen LogP contribution in [-0.4, -0.2) is 50.0 Å². The number of aliphatic hydroxyl groups excluding tert-OH is 1. The number of phenols is 1. The SMILES string of the molecule is O=C(NN(Cc1ccc(-c2cccc(O)c2)cc1)C[C@@H](O)C(=O)O)c1cc(=O)[nH]o1. The maximum absolute atomic E-state index is 12.2. The van der Waals surface area contributed by atoms with Crippen molar-refractivity contribution < 1.29 is 29.4 Å². The monoisotopic (exact) mass is 413 g/mol. The fourth-order valence-corrected chi connectivity index (χ4v) is 2.74. The van der Waals surface area contributed by atoms with Gasteiger partial charge in [-0.3, -0.25) is 15.0 Å². The molecule has 5 N–H and O–H groups in total. The second-order valence-corrected chi connectivity index (χ2v) is 6.50. The summed E-state index contributed by atoms with van der Waals surface area (Å²) in [7, 11) is 0. The Bertz CT molecular complexity index is 1090. The highest BCUT2D eigenvalue weighted by Crippen LogP contribution is 2.23. The number of nitrogens with one attached hydrogen (secondary N) is 2. The van der Waals surface area contributed by atoms with Crippen LogP contribution in [0, 0.1) is 0 Å². The maximum atomic E-state index is 12.2. The molecule has 10 nitrogen and oxygen atoms in total. The Morgan fingerprint density at radius 1 is 1.10 bits per heavy atom. The van der Waals surface area contributed by atoms with Crippen molar-refractivity contribution in [2.24, 2.45) is 0 Å². The van der Waals surface area contributed by atoms with E-state index in [1.54, 1.807) is 30.3 Å². The van der Waals surface area contributed by atoms with Crippen molar-refractivity contribution in [1.29, 1.82) is 0 Å². The number of benzene rings is 2. The average molecular weight is 413 g/mol. The van der Waals surface area contributed by atoms with Crippen molar-refractivity contribution >= 4 is 11.9 Å². The fourth-order valence-electron chi connectivity index (χ4n) is 2.74. The number of phenolic OH excluding ortho intramolecular Hbond substituents is 1. The summed E-state index contributed by atoms with van der Waals surface area (Å²) in [6, 6.07) is 14.9. The normalized spacial score (nSPS) is 11.9. The van der Waals surface area contributed by atoms with E-state index in [0.29, 0.717) is 5.56 Å². The van der Waals surface area contributed by atoms with Crippen molar-refractivity contribution in [2.75, 3.05) is 6.54 Å². The van der Waals surface area contributed by atoms with Gasteiger partial charge < -0.3 is 19.8 Å². The Morgan fingerprint density at radius 3 is 2.43 bits per heavy atom. The van der Waals surface area contributed by atoms with Crippen LogP contribution in [0.1, 0.15) is 16.1 Å². The number of carbonyl (C=O) groups excluding carboxylic acids is 1. The molecule has 2 aromatic carbocycles. The lowest BCUT2D eigenvalue weighted by Crippen LogP contribution is -2.47. The molecule has 0 saturated carbocycles. The van der Waals surface area contributed by atoms with Crippen LogP contribution in [-0.2, 0) is 11.3 Å². The number of carbonyl (C=O) groups is 2. The molecule has 0 saturated heterocycles. The predicted molar refractivity (Wildman–Crippen MR) is 104 cm³/mol. The first-order valence-electron chi connectivity index (χ1n) is 8.85. The molecule has 0 bridgehead atoms. The predicted octanol–water partition coefficient (Wildman–Crippen LogP) is 0.933. The largest absolute Gasteiger partial charge is 0.508 e. The van der Waals surface area contributed by atoms with E-state index in [4.69, 9.17) is 9.63 Å². The van der Waals surface area contributed by atoms with E-state index in [1.807, 2.05) is 23.4 Å². The number of hydrogen-bond donors (Lipinski definition) is 5. The van der Waals surface area contributed by atoms with Crippen LogP contribution >= 0.6 is 0 Å². The maximum Gasteiger partial charge on any atom is 0.333 e. The van der Waals surface area contributed by atoms with Crippen molar-refractivity contribution in [3.8, 4) is 16.9 Å². The number of aromatic hydroxyl groups is 1. The number of hydrogen-bond acceptors (Lipinski definition) is 7. The van der Waals surface area contributed by atoms with Crippen LogP contribution in [0.2, 0.25) is 0 Å². The summed E-state index contributed by atoms with van der Waals surface area (Å²) < 4.78 is 4.73. The van der Waals surface area contributed by atoms with Gasteiger partial charge in [-0.1, -0.05) is 36.4 Å². The minimum atomic E-state index is -1.74. The van der Waals surface area contributed by atoms with E-state index in [-0.39, 0.29) is 18.1 Å². The van der Waals surface area contributed by atoms with Gasteiger partial charge in [0.2, 0.25) is 5.76 Å². The van der Waals surface area contributed by atoms with Gasteiger partial charge in [0.1, 0.15) is 5.75 Å². The number of H-pyrrole nitrogens is 1. The third-order valence-electron chi connectivity index (χ3n) is 4.19. The lowest BCUT2D eigenvalue weighted by atomic mass is 10.0. The summed E-state index contributed by atoms with van der Waals surface area (Å²) in [5.74, 6) is -2.36. The molecule has 0 aliphatic heterocycles. The van der Waals surface area contributed by atoms with Crippen LogP contribution in [0.25, 0.3) is 11.1 Å². The molecular formula is C20H19N3O7. The number of aliphatic hydroxyl groups is 1. The van der Waals surface area contributed by atoms with E-state index >= 15 is 0 Å². The fraction of sp³-hybridized carbons (Fsp3) is 0.150. The molecule has 1 atom stereocenters. The number of rotatable bonds is 8. The van der Waals surface area contributed by atoms with Gasteiger partial charge in [-0.15, -0.1) is 0 Å². The van der Waals surface area contributed by atoms with Crippen LogP contribution in [0.3, 0.4) is 0 Å².